The second kappa shape index (κ2) is 5.78. The molecule has 112 valence electrons. The predicted octanol–water partition coefficient (Wildman–Crippen LogP) is 5.27. The summed E-state index contributed by atoms with van der Waals surface area (Å²) in [5, 5.41) is 3.80. The highest BCUT2D eigenvalue weighted by Gasteiger charge is 2.21. The quantitative estimate of drug-likeness (QED) is 0.763. The van der Waals surface area contributed by atoms with Crippen molar-refractivity contribution in [2.75, 3.05) is 5.32 Å². The molecule has 0 radical (unpaired) electrons. The molecule has 0 bridgehead atoms. The molecule has 3 nitrogen and oxygen atoms in total. The first-order chi connectivity index (χ1) is 9.68. The summed E-state index contributed by atoms with van der Waals surface area (Å²) < 4.78 is 13.3. The van der Waals surface area contributed by atoms with Crippen molar-refractivity contribution in [3.05, 3.63) is 45.6 Å². The average Bonchev–Trinajstić information content (AvgIpc) is 2.37. The minimum Gasteiger partial charge on any atom is -0.339 e. The molecule has 0 aliphatic heterocycles. The maximum atomic E-state index is 13.3. The Morgan fingerprint density at radius 1 is 1.14 bits per heavy atom. The summed E-state index contributed by atoms with van der Waals surface area (Å²) in [5.41, 5.74) is 0.874. The normalized spacial score (nSPS) is 11.6. The van der Waals surface area contributed by atoms with Crippen molar-refractivity contribution in [3.63, 3.8) is 0 Å². The number of hydrogen-bond donors (Lipinski definition) is 1. The SMILES string of the molecule is Cc1c(Cl)nc(C(C)(C)C)nc1Nc1cc(F)ccc1Cl. The molecule has 0 unspecified atom stereocenters. The third-order valence-corrected chi connectivity index (χ3v) is 3.64. The Hall–Kier alpha value is -1.39. The standard InChI is InChI=1S/C15H16Cl2FN3/c1-8-12(17)20-14(15(2,3)4)21-13(8)19-11-7-9(18)5-6-10(11)16/h5-7H,1-4H3,(H,19,20,21). The minimum atomic E-state index is -0.379. The zero-order valence-electron chi connectivity index (χ0n) is 12.3. The van der Waals surface area contributed by atoms with Gasteiger partial charge in [0.1, 0.15) is 22.6 Å². The Morgan fingerprint density at radius 2 is 1.81 bits per heavy atom. The Morgan fingerprint density at radius 3 is 2.43 bits per heavy atom. The maximum Gasteiger partial charge on any atom is 0.138 e. The van der Waals surface area contributed by atoms with Crippen LogP contribution in [0.1, 0.15) is 32.2 Å². The van der Waals surface area contributed by atoms with Crippen molar-refractivity contribution in [2.45, 2.75) is 33.1 Å². The third-order valence-electron chi connectivity index (χ3n) is 2.94. The van der Waals surface area contributed by atoms with E-state index >= 15 is 0 Å². The van der Waals surface area contributed by atoms with Crippen LogP contribution >= 0.6 is 23.2 Å². The lowest BCUT2D eigenvalue weighted by molar-refractivity contribution is 0.545. The van der Waals surface area contributed by atoms with E-state index in [2.05, 4.69) is 15.3 Å². The van der Waals surface area contributed by atoms with Gasteiger partial charge in [0.05, 0.1) is 10.7 Å². The van der Waals surface area contributed by atoms with Crippen molar-refractivity contribution in [1.82, 2.24) is 9.97 Å². The number of rotatable bonds is 2. The van der Waals surface area contributed by atoms with Crippen LogP contribution in [0, 0.1) is 12.7 Å². The second-order valence-electron chi connectivity index (χ2n) is 5.81. The molecule has 1 N–H and O–H groups in total. The van der Waals surface area contributed by atoms with Crippen LogP contribution in [0.4, 0.5) is 15.9 Å². The van der Waals surface area contributed by atoms with Gasteiger partial charge >= 0.3 is 0 Å². The Labute approximate surface area is 133 Å². The highest BCUT2D eigenvalue weighted by molar-refractivity contribution is 6.33. The summed E-state index contributed by atoms with van der Waals surface area (Å²) in [6, 6.07) is 4.10. The number of aromatic nitrogens is 2. The van der Waals surface area contributed by atoms with Crippen molar-refractivity contribution in [2.24, 2.45) is 0 Å². The summed E-state index contributed by atoms with van der Waals surface area (Å²) in [4.78, 5) is 8.78. The summed E-state index contributed by atoms with van der Waals surface area (Å²) in [5.74, 6) is 0.747. The van der Waals surface area contributed by atoms with Gasteiger partial charge in [-0.3, -0.25) is 0 Å². The van der Waals surface area contributed by atoms with Crippen LogP contribution in [0.15, 0.2) is 18.2 Å². The van der Waals surface area contributed by atoms with E-state index in [9.17, 15) is 4.39 Å². The predicted molar refractivity (Wildman–Crippen MR) is 85.2 cm³/mol. The molecule has 0 aliphatic rings. The molecular weight excluding hydrogens is 312 g/mol. The van der Waals surface area contributed by atoms with Gasteiger partial charge in [0.15, 0.2) is 0 Å². The fourth-order valence-corrected chi connectivity index (χ4v) is 2.00. The van der Waals surface area contributed by atoms with E-state index < -0.39 is 0 Å². The number of benzene rings is 1. The number of anilines is 2. The minimum absolute atomic E-state index is 0.250. The summed E-state index contributed by atoms with van der Waals surface area (Å²) in [7, 11) is 0. The van der Waals surface area contributed by atoms with E-state index in [1.807, 2.05) is 20.8 Å². The van der Waals surface area contributed by atoms with Gasteiger partial charge in [0.25, 0.3) is 0 Å². The number of nitrogens with zero attached hydrogens (tertiary/aromatic N) is 2. The fraction of sp³-hybridized carbons (Fsp3) is 0.333. The molecule has 6 heteroatoms. The molecule has 1 heterocycles. The van der Waals surface area contributed by atoms with Crippen molar-refractivity contribution >= 4 is 34.7 Å². The second-order valence-corrected chi connectivity index (χ2v) is 6.58. The lowest BCUT2D eigenvalue weighted by Gasteiger charge is -2.19. The zero-order chi connectivity index (χ0) is 15.8. The Bertz CT molecular complexity index is 681. The van der Waals surface area contributed by atoms with E-state index in [4.69, 9.17) is 23.2 Å². The molecule has 1 aromatic heterocycles. The Balaban J connectivity index is 2.49. The molecule has 0 spiro atoms. The topological polar surface area (TPSA) is 37.8 Å². The van der Waals surface area contributed by atoms with Crippen molar-refractivity contribution < 1.29 is 4.39 Å². The van der Waals surface area contributed by atoms with E-state index in [-0.39, 0.29) is 11.2 Å². The lowest BCUT2D eigenvalue weighted by Crippen LogP contribution is -2.17. The highest BCUT2D eigenvalue weighted by Crippen LogP contribution is 2.30. The van der Waals surface area contributed by atoms with Crippen LogP contribution in [0.25, 0.3) is 0 Å². The molecule has 2 aromatic rings. The number of hydrogen-bond acceptors (Lipinski definition) is 3. The molecule has 0 amide bonds. The van der Waals surface area contributed by atoms with Crippen molar-refractivity contribution in [3.8, 4) is 0 Å². The van der Waals surface area contributed by atoms with Crippen LogP contribution in [0.3, 0.4) is 0 Å². The number of nitrogens with one attached hydrogen (secondary N) is 1. The fourth-order valence-electron chi connectivity index (χ4n) is 1.67. The zero-order valence-corrected chi connectivity index (χ0v) is 13.8. The van der Waals surface area contributed by atoms with Gasteiger partial charge in [0, 0.05) is 11.0 Å². The van der Waals surface area contributed by atoms with E-state index in [1.54, 1.807) is 6.92 Å². The molecular formula is C15H16Cl2FN3. The van der Waals surface area contributed by atoms with Gasteiger partial charge in [-0.25, -0.2) is 14.4 Å². The molecule has 0 fully saturated rings. The Kier molecular flexibility index (Phi) is 4.40. The molecule has 1 aromatic carbocycles. The average molecular weight is 328 g/mol. The molecule has 0 aliphatic carbocycles. The third kappa shape index (κ3) is 3.63. The van der Waals surface area contributed by atoms with Gasteiger partial charge < -0.3 is 5.32 Å². The number of halogens is 3. The van der Waals surface area contributed by atoms with Crippen LogP contribution in [-0.4, -0.2) is 9.97 Å². The molecule has 0 saturated heterocycles. The van der Waals surface area contributed by atoms with Gasteiger partial charge in [0.2, 0.25) is 0 Å². The first-order valence-corrected chi connectivity index (χ1v) is 7.21. The smallest absolute Gasteiger partial charge is 0.138 e. The van der Waals surface area contributed by atoms with Crippen LogP contribution in [0.2, 0.25) is 10.2 Å². The lowest BCUT2D eigenvalue weighted by atomic mass is 9.95. The summed E-state index contributed by atoms with van der Waals surface area (Å²) in [6.45, 7) is 7.77. The van der Waals surface area contributed by atoms with Gasteiger partial charge in [-0.1, -0.05) is 44.0 Å². The first kappa shape index (κ1) is 16.0. The molecule has 2 rings (SSSR count). The van der Waals surface area contributed by atoms with Gasteiger partial charge in [-0.2, -0.15) is 0 Å². The largest absolute Gasteiger partial charge is 0.339 e. The highest BCUT2D eigenvalue weighted by atomic mass is 35.5. The molecule has 0 saturated carbocycles. The maximum absolute atomic E-state index is 13.3. The van der Waals surface area contributed by atoms with Crippen LogP contribution in [-0.2, 0) is 5.41 Å². The van der Waals surface area contributed by atoms with Crippen LogP contribution < -0.4 is 5.32 Å². The summed E-state index contributed by atoms with van der Waals surface area (Å²) in [6.07, 6.45) is 0. The van der Waals surface area contributed by atoms with Crippen molar-refractivity contribution in [1.29, 1.82) is 0 Å². The monoisotopic (exact) mass is 327 g/mol. The first-order valence-electron chi connectivity index (χ1n) is 6.45. The summed E-state index contributed by atoms with van der Waals surface area (Å²) >= 11 is 12.2. The van der Waals surface area contributed by atoms with E-state index in [1.165, 1.54) is 18.2 Å². The van der Waals surface area contributed by atoms with E-state index in [0.29, 0.717) is 33.1 Å². The van der Waals surface area contributed by atoms with Crippen LogP contribution in [0.5, 0.6) is 0 Å². The van der Waals surface area contributed by atoms with E-state index in [0.717, 1.165) is 0 Å². The van der Waals surface area contributed by atoms with Gasteiger partial charge in [-0.05, 0) is 25.1 Å². The molecule has 21 heavy (non-hydrogen) atoms. The van der Waals surface area contributed by atoms with Gasteiger partial charge in [-0.15, -0.1) is 0 Å². The molecule has 0 atom stereocenters.